The van der Waals surface area contributed by atoms with Crippen molar-refractivity contribution < 1.29 is 36.5 Å². The summed E-state index contributed by atoms with van der Waals surface area (Å²) in [6, 6.07) is 12.1. The van der Waals surface area contributed by atoms with Crippen LogP contribution >= 0.6 is 11.8 Å². The highest BCUT2D eigenvalue weighted by molar-refractivity contribution is 8.18. The molecule has 2 aliphatic rings. The molecule has 0 unspecified atom stereocenters. The zero-order chi connectivity index (χ0) is 25.0. The molecule has 12 heteroatoms. The number of thioether (sulfide) groups is 1. The minimum Gasteiger partial charge on any atom is -0.493 e. The Morgan fingerprint density at radius 3 is 2.49 bits per heavy atom. The second-order valence-corrected chi connectivity index (χ2v) is 10.1. The number of nitrogens with zero attached hydrogens (tertiary/aromatic N) is 2. The fourth-order valence-corrected chi connectivity index (χ4v) is 5.23. The monoisotopic (exact) mass is 518 g/mol. The van der Waals surface area contributed by atoms with E-state index in [0.717, 1.165) is 16.7 Å². The summed E-state index contributed by atoms with van der Waals surface area (Å²) in [6.07, 6.45) is 1.47. The summed E-state index contributed by atoms with van der Waals surface area (Å²) in [4.78, 5) is 40.2. The number of amides is 3. The molecule has 2 saturated heterocycles. The quantitative estimate of drug-likeness (QED) is 0.402. The van der Waals surface area contributed by atoms with E-state index in [2.05, 4.69) is 0 Å². The van der Waals surface area contributed by atoms with Gasteiger partial charge in [0.2, 0.25) is 5.91 Å². The average molecular weight is 519 g/mol. The van der Waals surface area contributed by atoms with Crippen LogP contribution in [0.25, 0.3) is 6.08 Å². The number of hydrogen-bond donors (Lipinski definition) is 0. The second-order valence-electron chi connectivity index (χ2n) is 7.52. The summed E-state index contributed by atoms with van der Waals surface area (Å²) in [5.74, 6) is -0.801. The fraction of sp³-hybridized carbons (Fsp3) is 0.261. The molecule has 0 bridgehead atoms. The number of carbonyl (C=O) groups excluding carboxylic acids is 3. The zero-order valence-electron chi connectivity index (χ0n) is 18.7. The average Bonchev–Trinajstić information content (AvgIpc) is 3.13. The van der Waals surface area contributed by atoms with E-state index in [4.69, 9.17) is 13.7 Å². The van der Waals surface area contributed by atoms with E-state index in [1.807, 2.05) is 0 Å². The van der Waals surface area contributed by atoms with Crippen molar-refractivity contribution in [2.75, 3.05) is 40.0 Å². The van der Waals surface area contributed by atoms with Gasteiger partial charge in [-0.2, -0.15) is 8.42 Å². The fourth-order valence-electron chi connectivity index (χ4n) is 3.43. The lowest BCUT2D eigenvalue weighted by Gasteiger charge is -2.28. The van der Waals surface area contributed by atoms with Gasteiger partial charge < -0.3 is 18.6 Å². The van der Waals surface area contributed by atoms with E-state index in [0.29, 0.717) is 31.9 Å². The Balaban J connectivity index is 1.50. The summed E-state index contributed by atoms with van der Waals surface area (Å²) in [6.45, 7) is 1.33. The van der Waals surface area contributed by atoms with Gasteiger partial charge in [0.05, 0.1) is 25.2 Å². The first-order valence-electron chi connectivity index (χ1n) is 10.6. The molecule has 0 radical (unpaired) electrons. The van der Waals surface area contributed by atoms with Crippen LogP contribution in [0.3, 0.4) is 0 Å². The second kappa shape index (κ2) is 10.5. The molecule has 2 fully saturated rings. The molecule has 4 rings (SSSR count). The third-order valence-electron chi connectivity index (χ3n) is 5.25. The SMILES string of the molecule is COc1cc(/C=C2\SC(=O)N(CC(=O)N3CCOCC3)C2=O)ccc1OS(=O)(=O)c1ccccc1. The molecule has 2 aliphatic heterocycles. The van der Waals surface area contributed by atoms with Crippen molar-refractivity contribution in [1.29, 1.82) is 0 Å². The van der Waals surface area contributed by atoms with Crippen molar-refractivity contribution in [3.05, 3.63) is 59.0 Å². The highest BCUT2D eigenvalue weighted by atomic mass is 32.2. The molecule has 2 aromatic carbocycles. The van der Waals surface area contributed by atoms with E-state index >= 15 is 0 Å². The summed E-state index contributed by atoms with van der Waals surface area (Å²) in [5, 5.41) is -0.538. The number of rotatable bonds is 7. The van der Waals surface area contributed by atoms with Gasteiger partial charge in [0.1, 0.15) is 11.4 Å². The zero-order valence-corrected chi connectivity index (χ0v) is 20.3. The summed E-state index contributed by atoms with van der Waals surface area (Å²) >= 11 is 0.725. The molecule has 35 heavy (non-hydrogen) atoms. The first-order chi connectivity index (χ1) is 16.8. The van der Waals surface area contributed by atoms with Gasteiger partial charge in [-0.3, -0.25) is 19.3 Å². The number of benzene rings is 2. The molecule has 0 atom stereocenters. The smallest absolute Gasteiger partial charge is 0.339 e. The normalized spacial score (nSPS) is 17.7. The van der Waals surface area contributed by atoms with Crippen LogP contribution in [0.5, 0.6) is 11.5 Å². The largest absolute Gasteiger partial charge is 0.493 e. The lowest BCUT2D eigenvalue weighted by molar-refractivity contribution is -0.139. The van der Waals surface area contributed by atoms with Crippen LogP contribution < -0.4 is 8.92 Å². The molecule has 0 aliphatic carbocycles. The van der Waals surface area contributed by atoms with Gasteiger partial charge in [0.25, 0.3) is 11.1 Å². The third-order valence-corrected chi connectivity index (χ3v) is 7.40. The lowest BCUT2D eigenvalue weighted by atomic mass is 10.2. The van der Waals surface area contributed by atoms with E-state index in [1.165, 1.54) is 43.5 Å². The summed E-state index contributed by atoms with van der Waals surface area (Å²) in [5.41, 5.74) is 0.483. The molecule has 3 amide bonds. The molecule has 10 nitrogen and oxygen atoms in total. The Labute approximate surface area is 206 Å². The van der Waals surface area contributed by atoms with Crippen LogP contribution in [0.4, 0.5) is 4.79 Å². The van der Waals surface area contributed by atoms with Crippen LogP contribution in [0, 0.1) is 0 Å². The van der Waals surface area contributed by atoms with E-state index in [9.17, 15) is 22.8 Å². The van der Waals surface area contributed by atoms with Crippen LogP contribution in [0.15, 0.2) is 58.3 Å². The van der Waals surface area contributed by atoms with Gasteiger partial charge in [0.15, 0.2) is 11.5 Å². The summed E-state index contributed by atoms with van der Waals surface area (Å²) in [7, 11) is -2.72. The van der Waals surface area contributed by atoms with Crippen LogP contribution in [0.2, 0.25) is 0 Å². The highest BCUT2D eigenvalue weighted by Crippen LogP contribution is 2.35. The number of morpholine rings is 1. The number of carbonyl (C=O) groups is 3. The maximum Gasteiger partial charge on any atom is 0.339 e. The Morgan fingerprint density at radius 2 is 1.80 bits per heavy atom. The molecule has 2 heterocycles. The minimum absolute atomic E-state index is 0.00794. The maximum atomic E-state index is 12.8. The predicted octanol–water partition coefficient (Wildman–Crippen LogP) is 2.36. The topological polar surface area (TPSA) is 120 Å². The van der Waals surface area contributed by atoms with Crippen molar-refractivity contribution in [2.24, 2.45) is 0 Å². The standard InChI is InChI=1S/C23H22N2O8S2/c1-31-19-13-16(7-8-18(19)33-35(29,30)17-5-3-2-4-6-17)14-20-22(27)25(23(28)34-20)15-21(26)24-9-11-32-12-10-24/h2-8,13-14H,9-12,15H2,1H3/b20-14-. The van der Waals surface area contributed by atoms with Gasteiger partial charge in [-0.05, 0) is 47.7 Å². The molecular weight excluding hydrogens is 496 g/mol. The van der Waals surface area contributed by atoms with Crippen molar-refractivity contribution in [2.45, 2.75) is 4.90 Å². The van der Waals surface area contributed by atoms with Gasteiger partial charge in [-0.15, -0.1) is 0 Å². The van der Waals surface area contributed by atoms with Crippen LogP contribution in [-0.2, 0) is 24.4 Å². The Bertz CT molecular complexity index is 1270. The van der Waals surface area contributed by atoms with Gasteiger partial charge in [-0.25, -0.2) is 0 Å². The molecule has 2 aromatic rings. The van der Waals surface area contributed by atoms with Crippen LogP contribution in [-0.4, -0.2) is 75.2 Å². The van der Waals surface area contributed by atoms with Crippen molar-refractivity contribution in [1.82, 2.24) is 9.80 Å². The number of ether oxygens (including phenoxy) is 2. The third kappa shape index (κ3) is 5.66. The molecule has 0 N–H and O–H groups in total. The van der Waals surface area contributed by atoms with Crippen molar-refractivity contribution in [3.63, 3.8) is 0 Å². The first kappa shape index (κ1) is 24.8. The molecule has 0 saturated carbocycles. The van der Waals surface area contributed by atoms with Crippen LogP contribution in [0.1, 0.15) is 5.56 Å². The highest BCUT2D eigenvalue weighted by Gasteiger charge is 2.37. The summed E-state index contributed by atoms with van der Waals surface area (Å²) < 4.78 is 40.8. The molecule has 0 aromatic heterocycles. The lowest BCUT2D eigenvalue weighted by Crippen LogP contribution is -2.46. The first-order valence-corrected chi connectivity index (χ1v) is 12.8. The number of methoxy groups -OCH3 is 1. The van der Waals surface area contributed by atoms with E-state index in [-0.39, 0.29) is 33.8 Å². The van der Waals surface area contributed by atoms with Crippen molar-refractivity contribution in [3.8, 4) is 11.5 Å². The maximum absolute atomic E-state index is 12.8. The van der Waals surface area contributed by atoms with Crippen molar-refractivity contribution >= 4 is 45.0 Å². The Morgan fingerprint density at radius 1 is 1.09 bits per heavy atom. The van der Waals surface area contributed by atoms with Gasteiger partial charge in [0, 0.05) is 13.1 Å². The van der Waals surface area contributed by atoms with Gasteiger partial charge >= 0.3 is 10.1 Å². The van der Waals surface area contributed by atoms with E-state index < -0.39 is 21.3 Å². The Kier molecular flexibility index (Phi) is 7.43. The molecular formula is C23H22N2O8S2. The number of imide groups is 1. The minimum atomic E-state index is -4.07. The number of hydrogen-bond acceptors (Lipinski definition) is 9. The molecule has 184 valence electrons. The van der Waals surface area contributed by atoms with E-state index in [1.54, 1.807) is 23.1 Å². The van der Waals surface area contributed by atoms with Gasteiger partial charge in [-0.1, -0.05) is 24.3 Å². The predicted molar refractivity (Wildman–Crippen MR) is 127 cm³/mol. The Hall–Kier alpha value is -3.35. The molecule has 0 spiro atoms.